The molecule has 0 aromatic heterocycles. The highest BCUT2D eigenvalue weighted by atomic mass is 16.6. The second kappa shape index (κ2) is 4.89. The van der Waals surface area contributed by atoms with Crippen molar-refractivity contribution in [1.82, 2.24) is 0 Å². The molecule has 0 aliphatic carbocycles. The van der Waals surface area contributed by atoms with E-state index in [1.54, 1.807) is 12.1 Å². The van der Waals surface area contributed by atoms with E-state index < -0.39 is 10.9 Å². The molecule has 2 aromatic rings. The van der Waals surface area contributed by atoms with Crippen LogP contribution in [0.4, 0.5) is 5.69 Å². The zero-order valence-corrected chi connectivity index (χ0v) is 10.2. The molecule has 19 heavy (non-hydrogen) atoms. The van der Waals surface area contributed by atoms with Crippen molar-refractivity contribution >= 4 is 11.7 Å². The summed E-state index contributed by atoms with van der Waals surface area (Å²) in [4.78, 5) is 21.3. The van der Waals surface area contributed by atoms with Gasteiger partial charge in [-0.05, 0) is 24.1 Å². The average Bonchev–Trinajstić information content (AvgIpc) is 2.38. The topological polar surface area (TPSA) is 80.4 Å². The molecule has 1 N–H and O–H groups in total. The smallest absolute Gasteiger partial charge is 0.336 e. The quantitative estimate of drug-likeness (QED) is 0.675. The summed E-state index contributed by atoms with van der Waals surface area (Å²) in [6.45, 7) is 1.93. The third-order valence-electron chi connectivity index (χ3n) is 2.81. The number of carboxylic acids is 1. The SMILES string of the molecule is Cc1ccc(-c2ccc([N+](=O)[O-])cc2C(=O)O)cc1. The number of nitro groups is 1. The van der Waals surface area contributed by atoms with Gasteiger partial charge in [0.1, 0.15) is 0 Å². The first kappa shape index (κ1) is 12.8. The summed E-state index contributed by atoms with van der Waals surface area (Å²) >= 11 is 0. The molecule has 2 rings (SSSR count). The molecule has 0 unspecified atom stereocenters. The third-order valence-corrected chi connectivity index (χ3v) is 2.81. The lowest BCUT2D eigenvalue weighted by Gasteiger charge is -2.06. The Kier molecular flexibility index (Phi) is 3.29. The van der Waals surface area contributed by atoms with E-state index in [1.165, 1.54) is 12.1 Å². The molecule has 0 aliphatic heterocycles. The van der Waals surface area contributed by atoms with Gasteiger partial charge in [-0.2, -0.15) is 0 Å². The summed E-state index contributed by atoms with van der Waals surface area (Å²) < 4.78 is 0. The maximum Gasteiger partial charge on any atom is 0.336 e. The van der Waals surface area contributed by atoms with Gasteiger partial charge < -0.3 is 5.11 Å². The monoisotopic (exact) mass is 257 g/mol. The molecule has 0 atom stereocenters. The minimum absolute atomic E-state index is 0.0712. The van der Waals surface area contributed by atoms with Crippen molar-refractivity contribution < 1.29 is 14.8 Å². The fourth-order valence-electron chi connectivity index (χ4n) is 1.81. The van der Waals surface area contributed by atoms with Crippen LogP contribution in [-0.4, -0.2) is 16.0 Å². The van der Waals surface area contributed by atoms with Crippen LogP contribution in [0.5, 0.6) is 0 Å². The Hall–Kier alpha value is -2.69. The largest absolute Gasteiger partial charge is 0.478 e. The van der Waals surface area contributed by atoms with Crippen molar-refractivity contribution in [1.29, 1.82) is 0 Å². The number of nitro benzene ring substituents is 1. The summed E-state index contributed by atoms with van der Waals surface area (Å²) in [6, 6.07) is 11.2. The second-order valence-electron chi connectivity index (χ2n) is 4.16. The van der Waals surface area contributed by atoms with Gasteiger partial charge >= 0.3 is 5.97 Å². The minimum atomic E-state index is -1.18. The predicted molar refractivity (Wildman–Crippen MR) is 70.2 cm³/mol. The van der Waals surface area contributed by atoms with Crippen LogP contribution >= 0.6 is 0 Å². The van der Waals surface area contributed by atoms with Crippen LogP contribution in [0.3, 0.4) is 0 Å². The molecule has 0 fully saturated rings. The van der Waals surface area contributed by atoms with E-state index in [0.717, 1.165) is 17.2 Å². The van der Waals surface area contributed by atoms with Crippen molar-refractivity contribution in [3.8, 4) is 11.1 Å². The highest BCUT2D eigenvalue weighted by molar-refractivity contribution is 5.96. The first-order valence-corrected chi connectivity index (χ1v) is 5.58. The molecule has 5 heteroatoms. The van der Waals surface area contributed by atoms with Gasteiger partial charge in [0.2, 0.25) is 0 Å². The fraction of sp³-hybridized carbons (Fsp3) is 0.0714. The van der Waals surface area contributed by atoms with E-state index >= 15 is 0 Å². The number of aryl methyl sites for hydroxylation is 1. The van der Waals surface area contributed by atoms with E-state index in [2.05, 4.69) is 0 Å². The fourth-order valence-corrected chi connectivity index (χ4v) is 1.81. The van der Waals surface area contributed by atoms with Crippen LogP contribution in [0, 0.1) is 17.0 Å². The van der Waals surface area contributed by atoms with Crippen LogP contribution in [0.25, 0.3) is 11.1 Å². The predicted octanol–water partition coefficient (Wildman–Crippen LogP) is 3.27. The number of hydrogen-bond acceptors (Lipinski definition) is 3. The van der Waals surface area contributed by atoms with Crippen LogP contribution in [0.1, 0.15) is 15.9 Å². The number of hydrogen-bond donors (Lipinski definition) is 1. The van der Waals surface area contributed by atoms with Crippen LogP contribution in [0.2, 0.25) is 0 Å². The second-order valence-corrected chi connectivity index (χ2v) is 4.16. The Morgan fingerprint density at radius 1 is 1.16 bits per heavy atom. The number of rotatable bonds is 3. The molecule has 0 amide bonds. The molecule has 0 bridgehead atoms. The normalized spacial score (nSPS) is 10.2. The molecular formula is C14H11NO4. The maximum absolute atomic E-state index is 11.2. The molecular weight excluding hydrogens is 246 g/mol. The van der Waals surface area contributed by atoms with Gasteiger partial charge in [0.25, 0.3) is 5.69 Å². The van der Waals surface area contributed by atoms with Crippen molar-refractivity contribution in [3.63, 3.8) is 0 Å². The summed E-state index contributed by atoms with van der Waals surface area (Å²) in [5, 5.41) is 19.8. The van der Waals surface area contributed by atoms with Gasteiger partial charge in [0, 0.05) is 12.1 Å². The van der Waals surface area contributed by atoms with Crippen molar-refractivity contribution in [2.24, 2.45) is 0 Å². The van der Waals surface area contributed by atoms with Crippen molar-refractivity contribution in [3.05, 3.63) is 63.7 Å². The molecule has 0 aliphatic rings. The molecule has 0 radical (unpaired) electrons. The average molecular weight is 257 g/mol. The number of nitrogens with zero attached hydrogens (tertiary/aromatic N) is 1. The summed E-state index contributed by atoms with van der Waals surface area (Å²) in [6.07, 6.45) is 0. The molecule has 0 heterocycles. The van der Waals surface area contributed by atoms with Crippen molar-refractivity contribution in [2.75, 3.05) is 0 Å². The van der Waals surface area contributed by atoms with E-state index in [0.29, 0.717) is 5.56 Å². The molecule has 96 valence electrons. The number of benzene rings is 2. The molecule has 0 saturated heterocycles. The van der Waals surface area contributed by atoms with Gasteiger partial charge in [-0.25, -0.2) is 4.79 Å². The lowest BCUT2D eigenvalue weighted by molar-refractivity contribution is -0.384. The Labute approximate surface area is 109 Å². The Balaban J connectivity index is 2.59. The van der Waals surface area contributed by atoms with E-state index in [-0.39, 0.29) is 11.3 Å². The zero-order valence-electron chi connectivity index (χ0n) is 10.2. The number of carbonyl (C=O) groups is 1. The number of aromatic carboxylic acids is 1. The van der Waals surface area contributed by atoms with Crippen LogP contribution in [0.15, 0.2) is 42.5 Å². The first-order valence-electron chi connectivity index (χ1n) is 5.58. The van der Waals surface area contributed by atoms with Crippen LogP contribution in [-0.2, 0) is 0 Å². The molecule has 0 saturated carbocycles. The minimum Gasteiger partial charge on any atom is -0.478 e. The maximum atomic E-state index is 11.2. The molecule has 5 nitrogen and oxygen atoms in total. The molecule has 0 spiro atoms. The molecule has 2 aromatic carbocycles. The number of non-ortho nitro benzene ring substituents is 1. The van der Waals surface area contributed by atoms with Crippen LogP contribution < -0.4 is 0 Å². The summed E-state index contributed by atoms with van der Waals surface area (Å²) in [5.41, 5.74) is 1.95. The van der Waals surface area contributed by atoms with E-state index in [4.69, 9.17) is 5.11 Å². The van der Waals surface area contributed by atoms with Crippen molar-refractivity contribution in [2.45, 2.75) is 6.92 Å². The zero-order chi connectivity index (χ0) is 14.0. The lowest BCUT2D eigenvalue weighted by atomic mass is 9.98. The first-order chi connectivity index (χ1) is 8.99. The highest BCUT2D eigenvalue weighted by Crippen LogP contribution is 2.27. The highest BCUT2D eigenvalue weighted by Gasteiger charge is 2.16. The van der Waals surface area contributed by atoms with Gasteiger partial charge in [-0.3, -0.25) is 10.1 Å². The van der Waals surface area contributed by atoms with E-state index in [9.17, 15) is 14.9 Å². The van der Waals surface area contributed by atoms with Gasteiger partial charge in [-0.15, -0.1) is 0 Å². The standard InChI is InChI=1S/C14H11NO4/c1-9-2-4-10(5-3-9)12-7-6-11(15(18)19)8-13(12)14(16)17/h2-8H,1H3,(H,16,17). The van der Waals surface area contributed by atoms with Gasteiger partial charge in [-0.1, -0.05) is 29.8 Å². The Morgan fingerprint density at radius 3 is 2.32 bits per heavy atom. The Morgan fingerprint density at radius 2 is 1.79 bits per heavy atom. The Bertz CT molecular complexity index is 647. The van der Waals surface area contributed by atoms with Gasteiger partial charge in [0.05, 0.1) is 10.5 Å². The lowest BCUT2D eigenvalue weighted by Crippen LogP contribution is -2.01. The van der Waals surface area contributed by atoms with E-state index in [1.807, 2.05) is 19.1 Å². The summed E-state index contributed by atoms with van der Waals surface area (Å²) in [7, 11) is 0. The number of carboxylic acid groups (broad SMARTS) is 1. The summed E-state index contributed by atoms with van der Waals surface area (Å²) in [5.74, 6) is -1.18. The van der Waals surface area contributed by atoms with Gasteiger partial charge in [0.15, 0.2) is 0 Å². The third kappa shape index (κ3) is 2.60.